The van der Waals surface area contributed by atoms with Gasteiger partial charge in [-0.2, -0.15) is 15.2 Å². The number of morpholine rings is 1. The number of rotatable bonds is 5. The van der Waals surface area contributed by atoms with Crippen LogP contribution >= 0.6 is 11.3 Å². The molecule has 12 nitrogen and oxygen atoms in total. The van der Waals surface area contributed by atoms with Crippen LogP contribution in [0.4, 0.5) is 24.4 Å². The molecule has 3 aliphatic rings. The van der Waals surface area contributed by atoms with Gasteiger partial charge in [0, 0.05) is 30.1 Å². The zero-order valence-electron chi connectivity index (χ0n) is 25.5. The van der Waals surface area contributed by atoms with Crippen LogP contribution in [0, 0.1) is 23.0 Å². The summed E-state index contributed by atoms with van der Waals surface area (Å²) in [6.45, 7) is 0.802. The molecule has 2 N–H and O–H groups in total. The quantitative estimate of drug-likeness (QED) is 0.275. The molecule has 0 radical (unpaired) electrons. The van der Waals surface area contributed by atoms with Crippen LogP contribution in [0.3, 0.4) is 0 Å². The number of methoxy groups -OCH3 is 1. The summed E-state index contributed by atoms with van der Waals surface area (Å²) in [5.74, 6) is -0.875. The van der Waals surface area contributed by atoms with Crippen molar-refractivity contribution >= 4 is 49.2 Å². The van der Waals surface area contributed by atoms with Gasteiger partial charge in [0.1, 0.15) is 39.4 Å². The Balaban J connectivity index is 1.30. The molecule has 3 fully saturated rings. The van der Waals surface area contributed by atoms with Crippen molar-refractivity contribution in [2.75, 3.05) is 44.0 Å². The van der Waals surface area contributed by atoms with Gasteiger partial charge in [0.05, 0.1) is 48.4 Å². The van der Waals surface area contributed by atoms with Crippen molar-refractivity contribution in [2.45, 2.75) is 31.0 Å². The number of nitrogen functional groups attached to an aromatic ring is 1. The van der Waals surface area contributed by atoms with Gasteiger partial charge in [0.25, 0.3) is 5.56 Å². The number of thiophene rings is 1. The molecule has 2 aromatic carbocycles. The van der Waals surface area contributed by atoms with Gasteiger partial charge in [0.15, 0.2) is 5.82 Å². The number of pyridine rings is 1. The van der Waals surface area contributed by atoms with Gasteiger partial charge in [-0.05, 0) is 37.1 Å². The van der Waals surface area contributed by atoms with E-state index in [1.807, 2.05) is 17.0 Å². The number of anilines is 2. The average molecular weight is 672 g/mol. The molecular weight excluding hydrogens is 644 g/mol. The number of hydrogen-bond donors (Lipinski definition) is 1. The highest BCUT2D eigenvalue weighted by molar-refractivity contribution is 7.23. The Morgan fingerprint density at radius 3 is 2.46 bits per heavy atom. The van der Waals surface area contributed by atoms with E-state index >= 15 is 4.39 Å². The second kappa shape index (κ2) is 11.4. The summed E-state index contributed by atoms with van der Waals surface area (Å²) in [4.78, 5) is 40.2. The molecular formula is C33H27F2N7O5S. The van der Waals surface area contributed by atoms with Crippen LogP contribution in [0.5, 0.6) is 11.8 Å². The molecule has 2 saturated heterocycles. The average Bonchev–Trinajstić information content (AvgIpc) is 3.87. The van der Waals surface area contributed by atoms with Crippen molar-refractivity contribution in [1.82, 2.24) is 19.4 Å². The lowest BCUT2D eigenvalue weighted by molar-refractivity contribution is 0.0195. The topological polar surface area (TPSA) is 149 Å². The number of nitrogens with zero attached hydrogens (tertiary/aromatic N) is 6. The molecule has 15 heteroatoms. The van der Waals surface area contributed by atoms with Crippen molar-refractivity contribution in [1.29, 1.82) is 5.26 Å². The van der Waals surface area contributed by atoms with E-state index in [-0.39, 0.29) is 87.0 Å². The van der Waals surface area contributed by atoms with Gasteiger partial charge in [-0.15, -0.1) is 11.3 Å². The number of amides is 1. The van der Waals surface area contributed by atoms with E-state index in [1.165, 1.54) is 23.8 Å². The summed E-state index contributed by atoms with van der Waals surface area (Å²) < 4.78 is 50.5. The lowest BCUT2D eigenvalue weighted by Crippen LogP contribution is -2.66. The molecule has 3 aromatic heterocycles. The predicted molar refractivity (Wildman–Crippen MR) is 173 cm³/mol. The smallest absolute Gasteiger partial charge is 0.415 e. The highest BCUT2D eigenvalue weighted by Gasteiger charge is 2.43. The molecule has 2 aliphatic heterocycles. The number of benzene rings is 2. The Morgan fingerprint density at radius 2 is 1.79 bits per heavy atom. The zero-order chi connectivity index (χ0) is 33.3. The second-order valence-corrected chi connectivity index (χ2v) is 13.0. The number of nitrogens with two attached hydrogens (primary N) is 1. The van der Waals surface area contributed by atoms with Gasteiger partial charge >= 0.3 is 12.1 Å². The largest absolute Gasteiger partial charge is 0.467 e. The van der Waals surface area contributed by atoms with Crippen LogP contribution in [0.1, 0.15) is 24.4 Å². The van der Waals surface area contributed by atoms with Crippen molar-refractivity contribution in [3.8, 4) is 29.1 Å². The zero-order valence-corrected chi connectivity index (χ0v) is 26.3. The highest BCUT2D eigenvalue weighted by Crippen LogP contribution is 2.46. The Bertz CT molecular complexity index is 2220. The normalized spacial score (nSPS) is 19.0. The van der Waals surface area contributed by atoms with E-state index in [4.69, 9.17) is 19.9 Å². The van der Waals surface area contributed by atoms with Crippen LogP contribution in [-0.4, -0.2) is 71.0 Å². The van der Waals surface area contributed by atoms with Crippen LogP contribution in [0.25, 0.3) is 32.2 Å². The minimum absolute atomic E-state index is 0.0104. The number of piperazine rings is 1. The SMILES string of the molecule is COc1nc(N2C3COCC2CN(C(=O)Oc2ccccc2)C3)c2c(=O)n(C3CC3)c(-c3ccc(F)c4sc(N)c(C#N)c34)c(F)c2n1. The van der Waals surface area contributed by atoms with Crippen molar-refractivity contribution < 1.29 is 27.8 Å². The molecule has 48 heavy (non-hydrogen) atoms. The second-order valence-electron chi connectivity index (χ2n) is 11.9. The maximum atomic E-state index is 17.2. The molecule has 5 heterocycles. The van der Waals surface area contributed by atoms with Gasteiger partial charge in [-0.1, -0.05) is 18.2 Å². The van der Waals surface area contributed by atoms with Crippen molar-refractivity contribution in [3.05, 3.63) is 70.0 Å². The fourth-order valence-electron chi connectivity index (χ4n) is 6.74. The minimum Gasteiger partial charge on any atom is -0.467 e. The van der Waals surface area contributed by atoms with E-state index in [0.29, 0.717) is 18.6 Å². The van der Waals surface area contributed by atoms with Crippen LogP contribution < -0.4 is 25.7 Å². The fraction of sp³-hybridized carbons (Fsp3) is 0.303. The van der Waals surface area contributed by atoms with E-state index in [2.05, 4.69) is 9.97 Å². The Labute approximate surface area is 275 Å². The third kappa shape index (κ3) is 4.70. The lowest BCUT2D eigenvalue weighted by Gasteiger charge is -2.49. The number of ether oxygens (including phenoxy) is 3. The first-order valence-electron chi connectivity index (χ1n) is 15.3. The first-order chi connectivity index (χ1) is 23.3. The maximum Gasteiger partial charge on any atom is 0.415 e. The summed E-state index contributed by atoms with van der Waals surface area (Å²) in [5, 5.41) is 10.1. The summed E-state index contributed by atoms with van der Waals surface area (Å²) in [7, 11) is 1.34. The first-order valence-corrected chi connectivity index (χ1v) is 16.1. The third-order valence-electron chi connectivity index (χ3n) is 8.96. The Morgan fingerprint density at radius 1 is 1.06 bits per heavy atom. The van der Waals surface area contributed by atoms with Gasteiger partial charge in [-0.3, -0.25) is 4.79 Å². The monoisotopic (exact) mass is 671 g/mol. The van der Waals surface area contributed by atoms with E-state index in [1.54, 1.807) is 29.2 Å². The summed E-state index contributed by atoms with van der Waals surface area (Å²) in [6.07, 6.45) is 0.713. The predicted octanol–water partition coefficient (Wildman–Crippen LogP) is 4.84. The third-order valence-corrected chi connectivity index (χ3v) is 9.99. The Kier molecular flexibility index (Phi) is 7.15. The summed E-state index contributed by atoms with van der Waals surface area (Å²) in [6, 6.07) is 11.9. The first kappa shape index (κ1) is 30.0. The molecule has 2 unspecified atom stereocenters. The van der Waals surface area contributed by atoms with Gasteiger partial charge < -0.3 is 34.3 Å². The van der Waals surface area contributed by atoms with Gasteiger partial charge in [0.2, 0.25) is 0 Å². The van der Waals surface area contributed by atoms with E-state index in [9.17, 15) is 19.2 Å². The van der Waals surface area contributed by atoms with Crippen LogP contribution in [0.15, 0.2) is 47.3 Å². The molecule has 8 rings (SSSR count). The number of fused-ring (bicyclic) bond motifs is 4. The number of nitriles is 1. The number of carbonyl (C=O) groups is 1. The molecule has 1 aliphatic carbocycles. The van der Waals surface area contributed by atoms with E-state index in [0.717, 1.165) is 11.3 Å². The van der Waals surface area contributed by atoms with Crippen molar-refractivity contribution in [3.63, 3.8) is 0 Å². The molecule has 2 bridgehead atoms. The molecule has 5 aromatic rings. The number of halogens is 2. The molecule has 244 valence electrons. The van der Waals surface area contributed by atoms with Crippen LogP contribution in [-0.2, 0) is 4.74 Å². The molecule has 0 spiro atoms. The fourth-order valence-corrected chi connectivity index (χ4v) is 7.69. The standard InChI is InChI=1S/C33H27F2N7O5S/c1-45-32-38-26-24(30(39-32)41-17-12-40(13-18(41)15-46-14-17)33(44)47-19-5-3-2-4-6-19)31(43)42(16-7-8-16)27(25(26)35)20-9-10-22(34)28-23(20)21(11-36)29(37)48-28/h2-6,9-10,16-18H,7-8,12-15,37H2,1H3. The molecule has 1 saturated carbocycles. The highest BCUT2D eigenvalue weighted by atomic mass is 32.1. The van der Waals surface area contributed by atoms with E-state index < -0.39 is 35.4 Å². The van der Waals surface area contributed by atoms with Crippen molar-refractivity contribution in [2.24, 2.45) is 0 Å². The van der Waals surface area contributed by atoms with Crippen LogP contribution in [0.2, 0.25) is 0 Å². The van der Waals surface area contributed by atoms with Gasteiger partial charge in [-0.25, -0.2) is 13.6 Å². The summed E-state index contributed by atoms with van der Waals surface area (Å²) >= 11 is 0.891. The lowest BCUT2D eigenvalue weighted by atomic mass is 10.00. The maximum absolute atomic E-state index is 17.2. The summed E-state index contributed by atoms with van der Waals surface area (Å²) in [5.41, 5.74) is 5.32. The number of carbonyl (C=O) groups excluding carboxylic acids is 1. The Hall–Kier alpha value is -5.33. The number of hydrogen-bond acceptors (Lipinski definition) is 11. The molecule has 2 atom stereocenters. The molecule has 1 amide bonds. The number of para-hydroxylation sites is 1. The minimum atomic E-state index is -0.841. The number of aromatic nitrogens is 3.